The van der Waals surface area contributed by atoms with Crippen LogP contribution in [-0.4, -0.2) is 54.1 Å². The van der Waals surface area contributed by atoms with Gasteiger partial charge in [-0.2, -0.15) is 0 Å². The van der Waals surface area contributed by atoms with Crippen LogP contribution in [-0.2, 0) is 33.8 Å². The minimum absolute atomic E-state index is 0.161. The van der Waals surface area contributed by atoms with Crippen LogP contribution in [0.15, 0.2) is 35.1 Å². The zero-order chi connectivity index (χ0) is 21.3. The van der Waals surface area contributed by atoms with Crippen LogP contribution in [0.4, 0.5) is 0 Å². The van der Waals surface area contributed by atoms with Gasteiger partial charge in [-0.1, -0.05) is 30.3 Å². The number of aromatic nitrogens is 2. The number of nitrogens with one attached hydrogen (secondary N) is 2. The summed E-state index contributed by atoms with van der Waals surface area (Å²) < 4.78 is 16.7. The van der Waals surface area contributed by atoms with E-state index in [-0.39, 0.29) is 12.2 Å². The molecule has 3 N–H and O–H groups in total. The Hall–Kier alpha value is -2.10. The summed E-state index contributed by atoms with van der Waals surface area (Å²) in [7, 11) is 0. The number of H-pyrrole nitrogens is 1. The third-order valence-corrected chi connectivity index (χ3v) is 5.07. The van der Waals surface area contributed by atoms with Gasteiger partial charge in [0.2, 0.25) is 6.29 Å². The predicted octanol–water partition coefficient (Wildman–Crippen LogP) is 0.360. The first-order valence-corrected chi connectivity index (χ1v) is 10.6. The average Bonchev–Trinajstić information content (AvgIpc) is 2.74. The van der Waals surface area contributed by atoms with Crippen LogP contribution in [0.1, 0.15) is 42.8 Å². The van der Waals surface area contributed by atoms with Crippen molar-refractivity contribution in [2.45, 2.75) is 45.8 Å². The zero-order valence-electron chi connectivity index (χ0n) is 17.7. The molecule has 1 aliphatic rings. The van der Waals surface area contributed by atoms with Gasteiger partial charge in [-0.3, -0.25) is 4.79 Å². The second kappa shape index (κ2) is 11.3. The van der Waals surface area contributed by atoms with Gasteiger partial charge in [0.25, 0.3) is 5.56 Å². The Kier molecular flexibility index (Phi) is 8.53. The summed E-state index contributed by atoms with van der Waals surface area (Å²) >= 11 is 0. The normalized spacial score (nSPS) is 17.1. The first kappa shape index (κ1) is 22.6. The van der Waals surface area contributed by atoms with Crippen LogP contribution in [0.3, 0.4) is 0 Å². The highest BCUT2D eigenvalue weighted by molar-refractivity contribution is 5.19. The van der Waals surface area contributed by atoms with Gasteiger partial charge in [0.1, 0.15) is 19.2 Å². The number of aliphatic hydroxyl groups excluding tert-OH is 1. The Morgan fingerprint density at radius 1 is 1.20 bits per heavy atom. The van der Waals surface area contributed by atoms with Crippen LogP contribution in [0.2, 0.25) is 0 Å². The molecule has 8 nitrogen and oxygen atoms in total. The topological polar surface area (TPSA) is 98.1 Å². The number of hydrogen-bond acceptors (Lipinski definition) is 6. The van der Waals surface area contributed by atoms with Gasteiger partial charge in [0.15, 0.2) is 5.82 Å². The lowest BCUT2D eigenvalue weighted by molar-refractivity contribution is -0.919. The molecule has 0 bridgehead atoms. The Balaban J connectivity index is 1.55. The molecule has 0 radical (unpaired) electrons. The number of aliphatic hydroxyl groups is 1. The van der Waals surface area contributed by atoms with Crippen molar-refractivity contribution in [3.63, 3.8) is 0 Å². The van der Waals surface area contributed by atoms with Crippen molar-refractivity contribution in [2.24, 2.45) is 0 Å². The number of benzene rings is 1. The average molecular weight is 419 g/mol. The zero-order valence-corrected chi connectivity index (χ0v) is 17.7. The fourth-order valence-corrected chi connectivity index (χ4v) is 3.66. The van der Waals surface area contributed by atoms with E-state index in [1.807, 2.05) is 44.2 Å². The van der Waals surface area contributed by atoms with E-state index in [9.17, 15) is 9.90 Å². The van der Waals surface area contributed by atoms with Crippen molar-refractivity contribution in [3.8, 4) is 0 Å². The van der Waals surface area contributed by atoms with Gasteiger partial charge in [-0.25, -0.2) is 4.98 Å². The van der Waals surface area contributed by atoms with Gasteiger partial charge in [0.05, 0.1) is 31.0 Å². The molecule has 2 atom stereocenters. The number of fused-ring (bicyclic) bond motifs is 1. The molecule has 1 aromatic carbocycles. The predicted molar refractivity (Wildman–Crippen MR) is 111 cm³/mol. The van der Waals surface area contributed by atoms with Gasteiger partial charge in [0, 0.05) is 19.6 Å². The third-order valence-electron chi connectivity index (χ3n) is 5.07. The maximum Gasteiger partial charge on any atom is 0.260 e. The number of aromatic amines is 1. The Bertz CT molecular complexity index is 836. The van der Waals surface area contributed by atoms with Gasteiger partial charge in [-0.15, -0.1) is 0 Å². The molecular formula is C22H32N3O5+. The molecule has 0 aliphatic carbocycles. The molecule has 8 heteroatoms. The van der Waals surface area contributed by atoms with Crippen molar-refractivity contribution >= 4 is 0 Å². The molecule has 0 saturated carbocycles. The Labute approximate surface area is 176 Å². The van der Waals surface area contributed by atoms with E-state index < -0.39 is 12.4 Å². The van der Waals surface area contributed by atoms with Crippen molar-refractivity contribution in [1.29, 1.82) is 0 Å². The van der Waals surface area contributed by atoms with Crippen molar-refractivity contribution < 1.29 is 24.2 Å². The summed E-state index contributed by atoms with van der Waals surface area (Å²) in [5, 5.41) is 10.4. The maximum absolute atomic E-state index is 12.7. The molecule has 0 spiro atoms. The fraction of sp³-hybridized carbons (Fsp3) is 0.545. The van der Waals surface area contributed by atoms with Crippen LogP contribution in [0.25, 0.3) is 0 Å². The lowest BCUT2D eigenvalue weighted by Gasteiger charge is -2.27. The number of hydrogen-bond donors (Lipinski definition) is 3. The van der Waals surface area contributed by atoms with E-state index in [0.717, 1.165) is 22.7 Å². The molecular weight excluding hydrogens is 386 g/mol. The lowest BCUT2D eigenvalue weighted by atomic mass is 10.1. The second-order valence-electron chi connectivity index (χ2n) is 7.40. The van der Waals surface area contributed by atoms with Crippen LogP contribution in [0.5, 0.6) is 0 Å². The lowest BCUT2D eigenvalue weighted by Crippen LogP contribution is -3.13. The van der Waals surface area contributed by atoms with Crippen molar-refractivity contribution in [2.75, 3.05) is 32.9 Å². The van der Waals surface area contributed by atoms with Crippen LogP contribution in [0, 0.1) is 0 Å². The van der Waals surface area contributed by atoms with Gasteiger partial charge >= 0.3 is 0 Å². The summed E-state index contributed by atoms with van der Waals surface area (Å²) in [5.41, 5.74) is 2.38. The van der Waals surface area contributed by atoms with E-state index in [4.69, 9.17) is 14.2 Å². The third kappa shape index (κ3) is 6.20. The molecule has 1 aliphatic heterocycles. The Morgan fingerprint density at radius 2 is 1.93 bits per heavy atom. The summed E-state index contributed by atoms with van der Waals surface area (Å²) in [6, 6.07) is 9.88. The SMILES string of the molecule is CCOC(OCC)c1nc2c(c(=O)[nH]1)C[NH+](C[C@@H](O)COCc1ccccc1)CC2. The molecule has 2 aromatic rings. The molecule has 2 heterocycles. The molecule has 30 heavy (non-hydrogen) atoms. The van der Waals surface area contributed by atoms with Gasteiger partial charge < -0.3 is 29.2 Å². The minimum Gasteiger partial charge on any atom is -0.385 e. The van der Waals surface area contributed by atoms with Crippen LogP contribution >= 0.6 is 0 Å². The standard InChI is InChI=1S/C22H31N3O5/c1-3-29-22(30-4-2)20-23-19-10-11-25(13-18(19)21(27)24-20)12-17(26)15-28-14-16-8-6-5-7-9-16/h5-9,17,22,26H,3-4,10-15H2,1-2H3,(H,23,24,27)/p+1/t17-/m1/s1. The minimum atomic E-state index is -0.660. The molecule has 1 unspecified atom stereocenters. The molecule has 3 rings (SSSR count). The first-order valence-electron chi connectivity index (χ1n) is 10.6. The molecule has 0 amide bonds. The molecule has 1 aromatic heterocycles. The summed E-state index contributed by atoms with van der Waals surface area (Å²) in [4.78, 5) is 21.2. The highest BCUT2D eigenvalue weighted by Gasteiger charge is 2.27. The first-order chi connectivity index (χ1) is 14.6. The quantitative estimate of drug-likeness (QED) is 0.456. The van der Waals surface area contributed by atoms with Gasteiger partial charge in [-0.05, 0) is 19.4 Å². The van der Waals surface area contributed by atoms with Crippen molar-refractivity contribution in [1.82, 2.24) is 9.97 Å². The van der Waals surface area contributed by atoms with E-state index in [1.165, 1.54) is 0 Å². The second-order valence-corrected chi connectivity index (χ2v) is 7.40. The van der Waals surface area contributed by atoms with E-state index >= 15 is 0 Å². The van der Waals surface area contributed by atoms with E-state index in [2.05, 4.69) is 9.97 Å². The summed E-state index contributed by atoms with van der Waals surface area (Å²) in [5.74, 6) is 0.417. The number of nitrogens with zero attached hydrogens (tertiary/aromatic N) is 1. The Morgan fingerprint density at radius 3 is 2.63 bits per heavy atom. The summed E-state index contributed by atoms with van der Waals surface area (Å²) in [6.45, 7) is 7.27. The highest BCUT2D eigenvalue weighted by Crippen LogP contribution is 2.15. The number of rotatable bonds is 11. The molecule has 0 saturated heterocycles. The van der Waals surface area contributed by atoms with Crippen LogP contribution < -0.4 is 10.5 Å². The molecule has 164 valence electrons. The largest absolute Gasteiger partial charge is 0.385 e. The van der Waals surface area contributed by atoms with E-state index in [0.29, 0.717) is 50.7 Å². The number of ether oxygens (including phenoxy) is 3. The smallest absolute Gasteiger partial charge is 0.260 e. The maximum atomic E-state index is 12.7. The fourth-order valence-electron chi connectivity index (χ4n) is 3.66. The molecule has 0 fully saturated rings. The number of quaternary nitrogens is 1. The van der Waals surface area contributed by atoms with E-state index in [1.54, 1.807) is 0 Å². The van der Waals surface area contributed by atoms with Crippen molar-refractivity contribution in [3.05, 3.63) is 63.3 Å². The monoisotopic (exact) mass is 418 g/mol. The summed E-state index contributed by atoms with van der Waals surface area (Å²) in [6.07, 6.45) is -0.576. The highest BCUT2D eigenvalue weighted by atomic mass is 16.7.